The van der Waals surface area contributed by atoms with Gasteiger partial charge in [-0.15, -0.1) is 11.5 Å². The Kier molecular flexibility index (Phi) is 7.66. The smallest absolute Gasteiger partial charge is 0.137 e. The topological polar surface area (TPSA) is 20.2 Å². The number of aliphatic hydroxyl groups is 1. The predicted octanol–water partition coefficient (Wildman–Crippen LogP) is 6.59. The van der Waals surface area contributed by atoms with Gasteiger partial charge in [-0.1, -0.05) is 72.6 Å². The lowest BCUT2D eigenvalue weighted by atomic mass is 9.73. The van der Waals surface area contributed by atoms with E-state index >= 15 is 0 Å². The van der Waals surface area contributed by atoms with Crippen LogP contribution < -0.4 is 0 Å². The highest BCUT2D eigenvalue weighted by atomic mass is 28.3. The Bertz CT molecular complexity index is 660. The Morgan fingerprint density at radius 1 is 1.11 bits per heavy atom. The van der Waals surface area contributed by atoms with Crippen molar-refractivity contribution in [3.63, 3.8) is 0 Å². The molecule has 0 radical (unpaired) electrons. The Morgan fingerprint density at radius 2 is 1.70 bits per heavy atom. The maximum atomic E-state index is 10.4. The first-order valence-corrected chi connectivity index (χ1v) is 13.5. The van der Waals surface area contributed by atoms with Gasteiger partial charge in [-0.3, -0.25) is 0 Å². The van der Waals surface area contributed by atoms with Crippen molar-refractivity contribution in [2.45, 2.75) is 105 Å². The number of allylic oxidation sites excluding steroid dienone is 2. The minimum atomic E-state index is -1.62. The first kappa shape index (κ1) is 24.1. The Morgan fingerprint density at radius 3 is 2.15 bits per heavy atom. The molecule has 1 aliphatic carbocycles. The second-order valence-corrected chi connectivity index (χ2v) is 16.6. The number of hydrogen-bond acceptors (Lipinski definition) is 1. The van der Waals surface area contributed by atoms with Crippen LogP contribution >= 0.6 is 0 Å². The van der Waals surface area contributed by atoms with Gasteiger partial charge < -0.3 is 5.11 Å². The molecule has 1 rings (SSSR count). The van der Waals surface area contributed by atoms with Crippen LogP contribution in [-0.4, -0.2) is 19.3 Å². The average molecular weight is 387 g/mol. The summed E-state index contributed by atoms with van der Waals surface area (Å²) in [6.45, 7) is 22.7. The lowest BCUT2D eigenvalue weighted by molar-refractivity contribution is 0.185. The van der Waals surface area contributed by atoms with Crippen molar-refractivity contribution < 1.29 is 5.11 Å². The fourth-order valence-electron chi connectivity index (χ4n) is 3.01. The summed E-state index contributed by atoms with van der Waals surface area (Å²) in [5.41, 5.74) is 4.92. The normalized spacial score (nSPS) is 20.0. The molecule has 0 aromatic carbocycles. The van der Waals surface area contributed by atoms with E-state index in [1.54, 1.807) is 0 Å². The summed E-state index contributed by atoms with van der Waals surface area (Å²) >= 11 is 0. The fourth-order valence-corrected chi connectivity index (χ4v) is 4.03. The highest BCUT2D eigenvalue weighted by molar-refractivity contribution is 6.87. The van der Waals surface area contributed by atoms with Crippen LogP contribution in [0, 0.1) is 40.1 Å². The third-order valence-electron chi connectivity index (χ3n) is 6.33. The van der Waals surface area contributed by atoms with E-state index in [0.717, 1.165) is 18.8 Å². The zero-order valence-electron chi connectivity index (χ0n) is 19.5. The molecule has 0 spiro atoms. The quantitative estimate of drug-likeness (QED) is 0.419. The molecule has 27 heavy (non-hydrogen) atoms. The van der Waals surface area contributed by atoms with Crippen LogP contribution in [0.5, 0.6) is 0 Å². The van der Waals surface area contributed by atoms with E-state index in [2.05, 4.69) is 97.9 Å². The number of hydrogen-bond donors (Lipinski definition) is 1. The maximum absolute atomic E-state index is 10.4. The van der Waals surface area contributed by atoms with Crippen molar-refractivity contribution in [3.05, 3.63) is 11.6 Å². The first-order chi connectivity index (χ1) is 12.0. The third-order valence-corrected chi connectivity index (χ3v) is 10.8. The standard InChI is InChI=1S/C25H42OSi/c1-23(2,3)21-14-11-20(12-15-21)13-16-22(26)19-25(7,8)17-18-27(9,10)24(4,5)6/h11,21-22,26H,12,14-15,19H2,1-10H3. The predicted molar refractivity (Wildman–Crippen MR) is 122 cm³/mol. The highest BCUT2D eigenvalue weighted by Gasteiger charge is 2.34. The molecule has 0 aromatic rings. The number of aliphatic hydroxyl groups excluding tert-OH is 1. The molecular weight excluding hydrogens is 344 g/mol. The van der Waals surface area contributed by atoms with Gasteiger partial charge in [0.25, 0.3) is 0 Å². The lowest BCUT2D eigenvalue weighted by Gasteiger charge is -2.32. The summed E-state index contributed by atoms with van der Waals surface area (Å²) in [4.78, 5) is 0. The highest BCUT2D eigenvalue weighted by Crippen LogP contribution is 2.37. The van der Waals surface area contributed by atoms with Gasteiger partial charge in [-0.25, -0.2) is 0 Å². The summed E-state index contributed by atoms with van der Waals surface area (Å²) in [6, 6.07) is 0. The first-order valence-electron chi connectivity index (χ1n) is 10.5. The van der Waals surface area contributed by atoms with E-state index in [1.807, 2.05) is 0 Å². The molecule has 0 fully saturated rings. The summed E-state index contributed by atoms with van der Waals surface area (Å²) < 4.78 is 0. The largest absolute Gasteiger partial charge is 0.380 e. The maximum Gasteiger partial charge on any atom is 0.137 e. The molecule has 2 unspecified atom stereocenters. The molecule has 0 saturated heterocycles. The van der Waals surface area contributed by atoms with Gasteiger partial charge in [0, 0.05) is 11.8 Å². The van der Waals surface area contributed by atoms with Gasteiger partial charge in [0.05, 0.1) is 0 Å². The van der Waals surface area contributed by atoms with Crippen LogP contribution in [-0.2, 0) is 0 Å². The summed E-state index contributed by atoms with van der Waals surface area (Å²) in [5, 5.41) is 10.7. The number of rotatable bonds is 2. The van der Waals surface area contributed by atoms with Crippen LogP contribution in [0.15, 0.2) is 11.6 Å². The van der Waals surface area contributed by atoms with Crippen molar-refractivity contribution in [2.24, 2.45) is 16.7 Å². The second kappa shape index (κ2) is 8.59. The van der Waals surface area contributed by atoms with Gasteiger partial charge in [-0.05, 0) is 55.1 Å². The zero-order valence-corrected chi connectivity index (χ0v) is 20.5. The molecule has 0 aliphatic heterocycles. The van der Waals surface area contributed by atoms with Crippen LogP contribution in [0.1, 0.15) is 81.1 Å². The lowest BCUT2D eigenvalue weighted by Crippen LogP contribution is -2.36. The van der Waals surface area contributed by atoms with E-state index in [4.69, 9.17) is 0 Å². The van der Waals surface area contributed by atoms with Gasteiger partial charge in [-0.2, -0.15) is 0 Å². The van der Waals surface area contributed by atoms with Crippen molar-refractivity contribution in [1.82, 2.24) is 0 Å². The van der Waals surface area contributed by atoms with Crippen molar-refractivity contribution in [1.29, 1.82) is 0 Å². The average Bonchev–Trinajstić information content (AvgIpc) is 2.49. The van der Waals surface area contributed by atoms with E-state index < -0.39 is 14.2 Å². The van der Waals surface area contributed by atoms with Gasteiger partial charge in [0.15, 0.2) is 0 Å². The van der Waals surface area contributed by atoms with E-state index in [1.165, 1.54) is 12.0 Å². The molecule has 0 heterocycles. The summed E-state index contributed by atoms with van der Waals surface area (Å²) in [6.07, 6.45) is 5.60. The van der Waals surface area contributed by atoms with E-state index in [-0.39, 0.29) is 10.5 Å². The monoisotopic (exact) mass is 386 g/mol. The third kappa shape index (κ3) is 7.89. The van der Waals surface area contributed by atoms with Crippen molar-refractivity contribution in [2.75, 3.05) is 0 Å². The van der Waals surface area contributed by atoms with Crippen LogP contribution in [0.4, 0.5) is 0 Å². The molecule has 2 heteroatoms. The SMILES string of the molecule is CC(C)(C#C[Si](C)(C)C(C)(C)C)CC(O)C#CC1=CCC(C(C)(C)C)CC1. The second-order valence-electron chi connectivity index (χ2n) is 11.6. The molecule has 2 atom stereocenters. The van der Waals surface area contributed by atoms with Crippen LogP contribution in [0.25, 0.3) is 0 Å². The summed E-state index contributed by atoms with van der Waals surface area (Å²) in [7, 11) is -1.62. The molecule has 0 bridgehead atoms. The van der Waals surface area contributed by atoms with Crippen molar-refractivity contribution in [3.8, 4) is 23.3 Å². The van der Waals surface area contributed by atoms with Gasteiger partial charge in [0.2, 0.25) is 0 Å². The fraction of sp³-hybridized carbons (Fsp3) is 0.760. The minimum Gasteiger partial charge on any atom is -0.380 e. The molecule has 0 amide bonds. The molecule has 152 valence electrons. The van der Waals surface area contributed by atoms with E-state index in [9.17, 15) is 5.11 Å². The molecule has 1 nitrogen and oxygen atoms in total. The minimum absolute atomic E-state index is 0.220. The molecule has 1 aliphatic rings. The molecule has 0 aromatic heterocycles. The van der Waals surface area contributed by atoms with Crippen LogP contribution in [0.3, 0.4) is 0 Å². The van der Waals surface area contributed by atoms with Crippen molar-refractivity contribution >= 4 is 8.07 Å². The summed E-state index contributed by atoms with van der Waals surface area (Å²) in [5.74, 6) is 10.5. The Labute approximate surface area is 170 Å². The zero-order chi connectivity index (χ0) is 21.1. The Balaban J connectivity index is 2.72. The Hall–Kier alpha value is -0.963. The van der Waals surface area contributed by atoms with Gasteiger partial charge >= 0.3 is 0 Å². The van der Waals surface area contributed by atoms with Crippen LogP contribution in [0.2, 0.25) is 18.1 Å². The van der Waals surface area contributed by atoms with Gasteiger partial charge in [0.1, 0.15) is 14.2 Å². The molecule has 1 N–H and O–H groups in total. The van der Waals surface area contributed by atoms with E-state index in [0.29, 0.717) is 11.8 Å². The molecular formula is C25H42OSi. The molecule has 0 saturated carbocycles.